The van der Waals surface area contributed by atoms with Gasteiger partial charge in [-0.15, -0.1) is 0 Å². The topological polar surface area (TPSA) is 35.5 Å². The van der Waals surface area contributed by atoms with Crippen LogP contribution in [0.15, 0.2) is 54.6 Å². The number of benzene rings is 2. The number of hydrogen-bond donors (Lipinski definition) is 0. The molecular weight excluding hydrogens is 264 g/mol. The molecular formula is C18H16O3. The zero-order valence-corrected chi connectivity index (χ0v) is 11.8. The fourth-order valence-electron chi connectivity index (χ4n) is 1.59. The molecule has 106 valence electrons. The number of rotatable bonds is 4. The number of para-hydroxylation sites is 1. The van der Waals surface area contributed by atoms with E-state index in [4.69, 9.17) is 9.47 Å². The predicted molar refractivity (Wildman–Crippen MR) is 81.1 cm³/mol. The Morgan fingerprint density at radius 1 is 1.00 bits per heavy atom. The Kier molecular flexibility index (Phi) is 5.42. The Morgan fingerprint density at radius 2 is 1.67 bits per heavy atom. The van der Waals surface area contributed by atoms with E-state index in [9.17, 15) is 4.79 Å². The van der Waals surface area contributed by atoms with Gasteiger partial charge in [0, 0.05) is 12.0 Å². The molecule has 0 heterocycles. The van der Waals surface area contributed by atoms with Gasteiger partial charge in [0.05, 0.1) is 0 Å². The van der Waals surface area contributed by atoms with Crippen LogP contribution in [0.2, 0.25) is 0 Å². The van der Waals surface area contributed by atoms with E-state index in [2.05, 4.69) is 11.8 Å². The molecule has 0 aromatic heterocycles. The van der Waals surface area contributed by atoms with Crippen LogP contribution in [0.1, 0.15) is 18.9 Å². The van der Waals surface area contributed by atoms with Crippen LogP contribution < -0.4 is 4.74 Å². The van der Waals surface area contributed by atoms with E-state index in [1.165, 1.54) is 0 Å². The van der Waals surface area contributed by atoms with Crippen LogP contribution in [0.5, 0.6) is 11.5 Å². The molecule has 0 aliphatic heterocycles. The Labute approximate surface area is 124 Å². The highest BCUT2D eigenvalue weighted by atomic mass is 16.5. The average molecular weight is 280 g/mol. The lowest BCUT2D eigenvalue weighted by Crippen LogP contribution is -2.01. The van der Waals surface area contributed by atoms with Crippen LogP contribution in [-0.2, 0) is 9.53 Å². The minimum absolute atomic E-state index is 0.120. The van der Waals surface area contributed by atoms with Gasteiger partial charge >= 0.3 is 5.97 Å². The average Bonchev–Trinajstić information content (AvgIpc) is 2.54. The van der Waals surface area contributed by atoms with E-state index in [-0.39, 0.29) is 12.6 Å². The summed E-state index contributed by atoms with van der Waals surface area (Å²) in [5, 5.41) is 0. The molecule has 0 saturated carbocycles. The molecule has 0 saturated heterocycles. The smallest absolute Gasteiger partial charge is 0.306 e. The van der Waals surface area contributed by atoms with Crippen molar-refractivity contribution in [1.29, 1.82) is 0 Å². The summed E-state index contributed by atoms with van der Waals surface area (Å²) in [6.45, 7) is 1.87. The molecule has 0 atom stereocenters. The molecule has 0 radical (unpaired) electrons. The minimum atomic E-state index is -0.240. The summed E-state index contributed by atoms with van der Waals surface area (Å²) in [6.07, 6.45) is 0.368. The lowest BCUT2D eigenvalue weighted by Gasteiger charge is -2.04. The maximum atomic E-state index is 10.9. The summed E-state index contributed by atoms with van der Waals surface area (Å²) in [4.78, 5) is 10.9. The van der Waals surface area contributed by atoms with Gasteiger partial charge in [-0.25, -0.2) is 0 Å². The Hall–Kier alpha value is -2.73. The SMILES string of the molecule is CCC(=O)OCC#Cc1ccc(Oc2ccccc2)cc1. The summed E-state index contributed by atoms with van der Waals surface area (Å²) in [7, 11) is 0. The fourth-order valence-corrected chi connectivity index (χ4v) is 1.59. The summed E-state index contributed by atoms with van der Waals surface area (Å²) in [5.74, 6) is 7.04. The van der Waals surface area contributed by atoms with E-state index >= 15 is 0 Å². The highest BCUT2D eigenvalue weighted by molar-refractivity contribution is 5.69. The van der Waals surface area contributed by atoms with Gasteiger partial charge in [-0.05, 0) is 36.4 Å². The molecule has 2 aromatic carbocycles. The van der Waals surface area contributed by atoms with Crippen molar-refractivity contribution in [2.45, 2.75) is 13.3 Å². The number of hydrogen-bond acceptors (Lipinski definition) is 3. The molecule has 0 aliphatic rings. The third-order valence-corrected chi connectivity index (χ3v) is 2.66. The molecule has 0 amide bonds. The molecule has 3 nitrogen and oxygen atoms in total. The minimum Gasteiger partial charge on any atom is -0.457 e. The molecule has 2 aromatic rings. The predicted octanol–water partition coefficient (Wildman–Crippen LogP) is 3.78. The zero-order chi connectivity index (χ0) is 14.9. The molecule has 0 unspecified atom stereocenters. The Morgan fingerprint density at radius 3 is 2.33 bits per heavy atom. The van der Waals surface area contributed by atoms with Crippen molar-refractivity contribution >= 4 is 5.97 Å². The molecule has 0 N–H and O–H groups in total. The van der Waals surface area contributed by atoms with Crippen molar-refractivity contribution in [1.82, 2.24) is 0 Å². The molecule has 3 heteroatoms. The molecule has 21 heavy (non-hydrogen) atoms. The number of ether oxygens (including phenoxy) is 2. The van der Waals surface area contributed by atoms with Gasteiger partial charge < -0.3 is 9.47 Å². The molecule has 0 aliphatic carbocycles. The second-order valence-electron chi connectivity index (χ2n) is 4.26. The quantitative estimate of drug-likeness (QED) is 0.631. The largest absolute Gasteiger partial charge is 0.457 e. The first kappa shape index (κ1) is 14.7. The van der Waals surface area contributed by atoms with Gasteiger partial charge in [-0.2, -0.15) is 0 Å². The number of esters is 1. The monoisotopic (exact) mass is 280 g/mol. The first-order valence-electron chi connectivity index (χ1n) is 6.75. The van der Waals surface area contributed by atoms with E-state index < -0.39 is 0 Å². The summed E-state index contributed by atoms with van der Waals surface area (Å²) >= 11 is 0. The van der Waals surface area contributed by atoms with Crippen molar-refractivity contribution in [3.63, 3.8) is 0 Å². The first-order valence-corrected chi connectivity index (χ1v) is 6.75. The highest BCUT2D eigenvalue weighted by Crippen LogP contribution is 2.20. The third-order valence-electron chi connectivity index (χ3n) is 2.66. The Balaban J connectivity index is 1.90. The van der Waals surface area contributed by atoms with Crippen molar-refractivity contribution in [3.05, 3.63) is 60.2 Å². The van der Waals surface area contributed by atoms with Crippen LogP contribution in [0.4, 0.5) is 0 Å². The second-order valence-corrected chi connectivity index (χ2v) is 4.26. The van der Waals surface area contributed by atoms with Crippen LogP contribution in [0.25, 0.3) is 0 Å². The van der Waals surface area contributed by atoms with Crippen LogP contribution in [0.3, 0.4) is 0 Å². The standard InChI is InChI=1S/C18H16O3/c1-2-18(19)20-14-6-7-15-10-12-17(13-11-15)21-16-8-4-3-5-9-16/h3-5,8-13H,2,14H2,1H3. The lowest BCUT2D eigenvalue weighted by atomic mass is 10.2. The van der Waals surface area contributed by atoms with Gasteiger partial charge in [-0.1, -0.05) is 37.0 Å². The normalized spacial score (nSPS) is 9.38. The summed E-state index contributed by atoms with van der Waals surface area (Å²) < 4.78 is 10.6. The lowest BCUT2D eigenvalue weighted by molar-refractivity contribution is -0.141. The molecule has 0 bridgehead atoms. The van der Waals surface area contributed by atoms with Gasteiger partial charge in [0.25, 0.3) is 0 Å². The van der Waals surface area contributed by atoms with Crippen LogP contribution in [0, 0.1) is 11.8 Å². The first-order chi connectivity index (χ1) is 10.3. The maximum Gasteiger partial charge on any atom is 0.306 e. The van der Waals surface area contributed by atoms with Crippen molar-refractivity contribution in [2.24, 2.45) is 0 Å². The third kappa shape index (κ3) is 5.04. The molecule has 2 rings (SSSR count). The highest BCUT2D eigenvalue weighted by Gasteiger charge is 1.96. The van der Waals surface area contributed by atoms with Gasteiger partial charge in [0.1, 0.15) is 11.5 Å². The van der Waals surface area contributed by atoms with Crippen molar-refractivity contribution in [3.8, 4) is 23.3 Å². The molecule has 0 spiro atoms. The number of carbonyl (C=O) groups is 1. The van der Waals surface area contributed by atoms with Crippen LogP contribution in [-0.4, -0.2) is 12.6 Å². The van der Waals surface area contributed by atoms with Crippen LogP contribution >= 0.6 is 0 Å². The summed E-state index contributed by atoms with van der Waals surface area (Å²) in [6, 6.07) is 17.0. The second kappa shape index (κ2) is 7.76. The van der Waals surface area contributed by atoms with E-state index in [0.29, 0.717) is 6.42 Å². The van der Waals surface area contributed by atoms with Crippen molar-refractivity contribution in [2.75, 3.05) is 6.61 Å². The van der Waals surface area contributed by atoms with Crippen molar-refractivity contribution < 1.29 is 14.3 Å². The Bertz CT molecular complexity index is 634. The van der Waals surface area contributed by atoms with Gasteiger partial charge in [0.2, 0.25) is 0 Å². The summed E-state index contributed by atoms with van der Waals surface area (Å²) in [5.41, 5.74) is 0.850. The van der Waals surface area contributed by atoms with Gasteiger partial charge in [-0.3, -0.25) is 4.79 Å². The van der Waals surface area contributed by atoms with Gasteiger partial charge in [0.15, 0.2) is 6.61 Å². The zero-order valence-electron chi connectivity index (χ0n) is 11.8. The van der Waals surface area contributed by atoms with E-state index in [0.717, 1.165) is 17.1 Å². The number of carbonyl (C=O) groups excluding carboxylic acids is 1. The molecule has 0 fully saturated rings. The maximum absolute atomic E-state index is 10.9. The fraction of sp³-hybridized carbons (Fsp3) is 0.167. The van der Waals surface area contributed by atoms with E-state index in [1.54, 1.807) is 6.92 Å². The van der Waals surface area contributed by atoms with E-state index in [1.807, 2.05) is 54.6 Å².